The minimum atomic E-state index is -0.871. The Morgan fingerprint density at radius 3 is 2.64 bits per heavy atom. The van der Waals surface area contributed by atoms with Gasteiger partial charge in [0.1, 0.15) is 0 Å². The van der Waals surface area contributed by atoms with Crippen LogP contribution in [0.15, 0.2) is 30.4 Å². The predicted molar refractivity (Wildman–Crippen MR) is 101 cm³/mol. The number of hydrogen-bond acceptors (Lipinski definition) is 1. The smallest absolute Gasteiger partial charge is 0.201 e. The maximum atomic E-state index is 14.4. The minimum Gasteiger partial charge on any atom is -0.490 e. The van der Waals surface area contributed by atoms with E-state index in [4.69, 9.17) is 4.74 Å². The summed E-state index contributed by atoms with van der Waals surface area (Å²) < 4.78 is 33.8. The Morgan fingerprint density at radius 2 is 1.96 bits per heavy atom. The van der Waals surface area contributed by atoms with Crippen LogP contribution in [0.5, 0.6) is 5.75 Å². The van der Waals surface area contributed by atoms with E-state index in [1.54, 1.807) is 12.1 Å². The molecule has 0 spiro atoms. The maximum Gasteiger partial charge on any atom is 0.201 e. The third-order valence-corrected chi connectivity index (χ3v) is 4.69. The predicted octanol–water partition coefficient (Wildman–Crippen LogP) is 7.07. The van der Waals surface area contributed by atoms with Crippen molar-refractivity contribution in [2.45, 2.75) is 65.2 Å². The summed E-state index contributed by atoms with van der Waals surface area (Å²) in [5, 5.41) is 0. The molecule has 2 rings (SSSR count). The molecule has 0 aliphatic heterocycles. The summed E-state index contributed by atoms with van der Waals surface area (Å²) in [5.74, 6) is -1.13. The fourth-order valence-electron chi connectivity index (χ4n) is 3.18. The average Bonchev–Trinajstić information content (AvgIpc) is 2.63. The fraction of sp³-hybridized carbons (Fsp3) is 0.545. The molecule has 0 heterocycles. The minimum absolute atomic E-state index is 0.00685. The van der Waals surface area contributed by atoms with E-state index in [1.807, 2.05) is 6.92 Å². The molecule has 0 saturated heterocycles. The first-order chi connectivity index (χ1) is 12.2. The second-order valence-corrected chi connectivity index (χ2v) is 6.78. The van der Waals surface area contributed by atoms with Crippen molar-refractivity contribution in [1.82, 2.24) is 0 Å². The topological polar surface area (TPSA) is 9.23 Å². The molecule has 0 radical (unpaired) electrons. The number of ether oxygens (including phenoxy) is 1. The van der Waals surface area contributed by atoms with Gasteiger partial charge in [0.25, 0.3) is 0 Å². The van der Waals surface area contributed by atoms with E-state index in [0.29, 0.717) is 18.1 Å². The Balaban J connectivity index is 1.98. The zero-order valence-electron chi connectivity index (χ0n) is 15.5. The van der Waals surface area contributed by atoms with E-state index in [2.05, 4.69) is 25.2 Å². The Hall–Kier alpha value is -1.64. The number of unbranched alkanes of at least 4 members (excludes halogenated alkanes) is 3. The molecule has 138 valence electrons. The van der Waals surface area contributed by atoms with Crippen LogP contribution in [0.25, 0.3) is 5.57 Å². The van der Waals surface area contributed by atoms with Gasteiger partial charge < -0.3 is 4.74 Å². The lowest BCUT2D eigenvalue weighted by molar-refractivity contribution is 0.295. The van der Waals surface area contributed by atoms with E-state index in [1.165, 1.54) is 19.3 Å². The number of benzene rings is 1. The van der Waals surface area contributed by atoms with Crippen molar-refractivity contribution in [2.75, 3.05) is 6.61 Å². The molecule has 1 atom stereocenters. The first kappa shape index (κ1) is 19.7. The number of rotatable bonds is 9. The number of halogens is 2. The van der Waals surface area contributed by atoms with E-state index < -0.39 is 11.6 Å². The van der Waals surface area contributed by atoms with Crippen LogP contribution in [0.3, 0.4) is 0 Å². The molecule has 0 aromatic heterocycles. The molecule has 0 bridgehead atoms. The van der Waals surface area contributed by atoms with E-state index >= 15 is 0 Å². The molecular weight excluding hydrogens is 318 g/mol. The summed E-state index contributed by atoms with van der Waals surface area (Å²) in [6, 6.07) is 3.19. The third-order valence-electron chi connectivity index (χ3n) is 4.69. The summed E-state index contributed by atoms with van der Waals surface area (Å²) in [6.45, 7) is 4.54. The number of hydrogen-bond donors (Lipinski definition) is 0. The van der Waals surface area contributed by atoms with Gasteiger partial charge >= 0.3 is 0 Å². The van der Waals surface area contributed by atoms with Gasteiger partial charge in [-0.25, -0.2) is 4.39 Å². The van der Waals surface area contributed by atoms with Crippen LogP contribution >= 0.6 is 0 Å². The van der Waals surface area contributed by atoms with Crippen molar-refractivity contribution in [2.24, 2.45) is 5.92 Å². The van der Waals surface area contributed by atoms with Crippen LogP contribution in [0.1, 0.15) is 70.8 Å². The molecule has 1 aliphatic carbocycles. The second-order valence-electron chi connectivity index (χ2n) is 6.78. The highest BCUT2D eigenvalue weighted by molar-refractivity contribution is 5.67. The monoisotopic (exact) mass is 348 g/mol. The van der Waals surface area contributed by atoms with Crippen molar-refractivity contribution < 1.29 is 13.5 Å². The normalized spacial score (nSPS) is 17.8. The van der Waals surface area contributed by atoms with Gasteiger partial charge in [-0.1, -0.05) is 44.9 Å². The maximum absolute atomic E-state index is 14.4. The quantitative estimate of drug-likeness (QED) is 0.342. The molecule has 0 saturated carbocycles. The zero-order chi connectivity index (χ0) is 18.1. The second kappa shape index (κ2) is 10.4. The van der Waals surface area contributed by atoms with Crippen LogP contribution < -0.4 is 4.74 Å². The molecule has 0 amide bonds. The standard InChI is InChI=1S/C22H30F2O/c1-3-5-6-7-8-9-17-10-12-18(13-11-17)19-14-15-20(25-16-4-2)22(24)21(19)23/h8-9,12,14-15,17H,3-7,10-11,13,16H2,1-2H3/b9-8+. The zero-order valence-corrected chi connectivity index (χ0v) is 15.5. The lowest BCUT2D eigenvalue weighted by Gasteiger charge is -2.20. The molecule has 0 N–H and O–H groups in total. The Labute approximate surface area is 150 Å². The van der Waals surface area contributed by atoms with Gasteiger partial charge in [0, 0.05) is 5.56 Å². The van der Waals surface area contributed by atoms with Crippen LogP contribution in [0, 0.1) is 17.6 Å². The number of allylic oxidation sites excluding steroid dienone is 4. The van der Waals surface area contributed by atoms with Crippen molar-refractivity contribution in [3.05, 3.63) is 47.6 Å². The highest BCUT2D eigenvalue weighted by atomic mass is 19.2. The van der Waals surface area contributed by atoms with Crippen molar-refractivity contribution in [3.63, 3.8) is 0 Å². The average molecular weight is 348 g/mol. The van der Waals surface area contributed by atoms with E-state index in [0.717, 1.165) is 37.7 Å². The van der Waals surface area contributed by atoms with Crippen LogP contribution in [0.4, 0.5) is 8.78 Å². The van der Waals surface area contributed by atoms with Gasteiger partial charge in [0.2, 0.25) is 5.82 Å². The van der Waals surface area contributed by atoms with Crippen molar-refractivity contribution >= 4 is 5.57 Å². The van der Waals surface area contributed by atoms with Gasteiger partial charge in [-0.05, 0) is 62.1 Å². The van der Waals surface area contributed by atoms with Gasteiger partial charge in [-0.15, -0.1) is 0 Å². The summed E-state index contributed by atoms with van der Waals surface area (Å²) in [4.78, 5) is 0. The van der Waals surface area contributed by atoms with Crippen LogP contribution in [0.2, 0.25) is 0 Å². The summed E-state index contributed by atoms with van der Waals surface area (Å²) in [7, 11) is 0. The summed E-state index contributed by atoms with van der Waals surface area (Å²) in [6.07, 6.45) is 15.0. The molecule has 1 aromatic carbocycles. The molecule has 0 fully saturated rings. The highest BCUT2D eigenvalue weighted by Crippen LogP contribution is 2.34. The highest BCUT2D eigenvalue weighted by Gasteiger charge is 2.20. The van der Waals surface area contributed by atoms with E-state index in [-0.39, 0.29) is 5.75 Å². The largest absolute Gasteiger partial charge is 0.490 e. The van der Waals surface area contributed by atoms with Gasteiger partial charge in [0.15, 0.2) is 11.6 Å². The Morgan fingerprint density at radius 1 is 1.12 bits per heavy atom. The first-order valence-electron chi connectivity index (χ1n) is 9.64. The van der Waals surface area contributed by atoms with Gasteiger partial charge in [-0.2, -0.15) is 4.39 Å². The van der Waals surface area contributed by atoms with E-state index in [9.17, 15) is 8.78 Å². The molecule has 3 heteroatoms. The fourth-order valence-corrected chi connectivity index (χ4v) is 3.18. The third kappa shape index (κ3) is 5.69. The SMILES string of the molecule is CCCCC/C=C/C1CC=C(c2ccc(OCCC)c(F)c2F)CC1. The van der Waals surface area contributed by atoms with Crippen LogP contribution in [-0.2, 0) is 0 Å². The Bertz CT molecular complexity index is 604. The first-order valence-corrected chi connectivity index (χ1v) is 9.64. The lowest BCUT2D eigenvalue weighted by Crippen LogP contribution is -2.06. The molecule has 25 heavy (non-hydrogen) atoms. The van der Waals surface area contributed by atoms with Gasteiger partial charge in [-0.3, -0.25) is 0 Å². The molecule has 1 aliphatic rings. The summed E-state index contributed by atoms with van der Waals surface area (Å²) >= 11 is 0. The molecule has 1 nitrogen and oxygen atoms in total. The molecule has 1 unspecified atom stereocenters. The van der Waals surface area contributed by atoms with Crippen LogP contribution in [-0.4, -0.2) is 6.61 Å². The molecular formula is C22H30F2O. The molecule has 1 aromatic rings. The summed E-state index contributed by atoms with van der Waals surface area (Å²) in [5.41, 5.74) is 1.29. The van der Waals surface area contributed by atoms with Gasteiger partial charge in [0.05, 0.1) is 6.61 Å². The van der Waals surface area contributed by atoms with Crippen molar-refractivity contribution in [3.8, 4) is 5.75 Å². The lowest BCUT2D eigenvalue weighted by atomic mass is 9.86. The Kier molecular flexibility index (Phi) is 8.17. The van der Waals surface area contributed by atoms with Crippen molar-refractivity contribution in [1.29, 1.82) is 0 Å².